The molecule has 0 radical (unpaired) electrons. The Morgan fingerprint density at radius 2 is 2.05 bits per heavy atom. The maximum Gasteiger partial charge on any atom is 0.231 e. The number of fused-ring (bicyclic) bond motifs is 1. The fourth-order valence-corrected chi connectivity index (χ4v) is 2.75. The number of aliphatic hydroxyl groups is 1. The van der Waals surface area contributed by atoms with Crippen LogP contribution in [-0.4, -0.2) is 24.1 Å². The van der Waals surface area contributed by atoms with Gasteiger partial charge in [0.25, 0.3) is 0 Å². The van der Waals surface area contributed by atoms with Gasteiger partial charge in [0, 0.05) is 6.07 Å². The van der Waals surface area contributed by atoms with Crippen molar-refractivity contribution in [2.45, 2.75) is 45.3 Å². The monoisotopic (exact) mass is 264 g/mol. The molecular formula is C15H20O4. The van der Waals surface area contributed by atoms with Crippen LogP contribution in [0.2, 0.25) is 0 Å². The molecule has 19 heavy (non-hydrogen) atoms. The van der Waals surface area contributed by atoms with Crippen molar-refractivity contribution in [1.82, 2.24) is 0 Å². The van der Waals surface area contributed by atoms with Crippen LogP contribution in [-0.2, 0) is 0 Å². The van der Waals surface area contributed by atoms with E-state index < -0.39 is 6.10 Å². The second-order valence-corrected chi connectivity index (χ2v) is 6.15. The van der Waals surface area contributed by atoms with Crippen LogP contribution in [0, 0.1) is 5.41 Å². The van der Waals surface area contributed by atoms with Gasteiger partial charge >= 0.3 is 0 Å². The van der Waals surface area contributed by atoms with Gasteiger partial charge in [-0.25, -0.2) is 0 Å². The third kappa shape index (κ3) is 2.63. The Kier molecular flexibility index (Phi) is 3.05. The smallest absolute Gasteiger partial charge is 0.231 e. The van der Waals surface area contributed by atoms with E-state index in [0.717, 1.165) is 30.8 Å². The van der Waals surface area contributed by atoms with Crippen LogP contribution in [0.3, 0.4) is 0 Å². The van der Waals surface area contributed by atoms with Crippen molar-refractivity contribution in [2.24, 2.45) is 5.41 Å². The Hall–Kier alpha value is -1.42. The third-order valence-electron chi connectivity index (χ3n) is 3.93. The normalized spacial score (nSPS) is 28.2. The van der Waals surface area contributed by atoms with Gasteiger partial charge in [-0.05, 0) is 36.8 Å². The Labute approximate surface area is 113 Å². The molecule has 1 fully saturated rings. The minimum Gasteiger partial charge on any atom is -0.488 e. The van der Waals surface area contributed by atoms with Crippen molar-refractivity contribution < 1.29 is 19.3 Å². The summed E-state index contributed by atoms with van der Waals surface area (Å²) < 4.78 is 16.5. The Bertz CT molecular complexity index is 469. The highest BCUT2D eigenvalue weighted by atomic mass is 16.7. The van der Waals surface area contributed by atoms with Crippen LogP contribution in [0.5, 0.6) is 17.2 Å². The van der Waals surface area contributed by atoms with Crippen molar-refractivity contribution in [2.75, 3.05) is 6.79 Å². The van der Waals surface area contributed by atoms with Gasteiger partial charge in [0.05, 0.1) is 6.10 Å². The van der Waals surface area contributed by atoms with Crippen molar-refractivity contribution >= 4 is 0 Å². The van der Waals surface area contributed by atoms with E-state index in [0.29, 0.717) is 5.75 Å². The SMILES string of the molecule is CC1(C)CCC(O)C(Oc2ccc3c(c2)OCO3)C1. The zero-order valence-corrected chi connectivity index (χ0v) is 11.4. The third-order valence-corrected chi connectivity index (χ3v) is 3.93. The van der Waals surface area contributed by atoms with E-state index in [9.17, 15) is 5.11 Å². The number of hydrogen-bond donors (Lipinski definition) is 1. The van der Waals surface area contributed by atoms with Crippen LogP contribution in [0.25, 0.3) is 0 Å². The van der Waals surface area contributed by atoms with E-state index >= 15 is 0 Å². The molecule has 1 aliphatic carbocycles. The van der Waals surface area contributed by atoms with Gasteiger partial charge in [-0.15, -0.1) is 0 Å². The highest BCUT2D eigenvalue weighted by Crippen LogP contribution is 2.39. The molecule has 0 saturated heterocycles. The van der Waals surface area contributed by atoms with Gasteiger partial charge in [0.15, 0.2) is 11.5 Å². The van der Waals surface area contributed by atoms with Crippen molar-refractivity contribution in [1.29, 1.82) is 0 Å². The van der Waals surface area contributed by atoms with E-state index in [-0.39, 0.29) is 18.3 Å². The van der Waals surface area contributed by atoms with E-state index in [1.165, 1.54) is 0 Å². The summed E-state index contributed by atoms with van der Waals surface area (Å²) in [6.07, 6.45) is 2.16. The Morgan fingerprint density at radius 3 is 2.89 bits per heavy atom. The summed E-state index contributed by atoms with van der Waals surface area (Å²) in [5, 5.41) is 10.1. The van der Waals surface area contributed by atoms with Crippen molar-refractivity contribution in [3.8, 4) is 17.2 Å². The van der Waals surface area contributed by atoms with Crippen molar-refractivity contribution in [3.05, 3.63) is 18.2 Å². The van der Waals surface area contributed by atoms with E-state index in [1.54, 1.807) is 0 Å². The highest BCUT2D eigenvalue weighted by molar-refractivity contribution is 5.46. The maximum atomic E-state index is 10.1. The van der Waals surface area contributed by atoms with E-state index in [1.807, 2.05) is 18.2 Å². The van der Waals surface area contributed by atoms with Gasteiger partial charge in [0.2, 0.25) is 6.79 Å². The van der Waals surface area contributed by atoms with Gasteiger partial charge in [-0.2, -0.15) is 0 Å². The number of hydrogen-bond acceptors (Lipinski definition) is 4. The predicted octanol–water partition coefficient (Wildman–Crippen LogP) is 2.73. The standard InChI is InChI=1S/C15H20O4/c1-15(2)6-5-11(16)14(8-15)19-10-3-4-12-13(7-10)18-9-17-12/h3-4,7,11,14,16H,5-6,8-9H2,1-2H3. The van der Waals surface area contributed by atoms with Gasteiger partial charge < -0.3 is 19.3 Å². The van der Waals surface area contributed by atoms with E-state index in [2.05, 4.69) is 13.8 Å². The zero-order valence-electron chi connectivity index (χ0n) is 11.4. The first-order valence-electron chi connectivity index (χ1n) is 6.78. The summed E-state index contributed by atoms with van der Waals surface area (Å²) >= 11 is 0. The molecular weight excluding hydrogens is 244 g/mol. The number of benzene rings is 1. The molecule has 2 unspecified atom stereocenters. The van der Waals surface area contributed by atoms with Crippen LogP contribution in [0.1, 0.15) is 33.1 Å². The lowest BCUT2D eigenvalue weighted by molar-refractivity contribution is -0.0304. The zero-order chi connectivity index (χ0) is 13.5. The average Bonchev–Trinajstić information content (AvgIpc) is 2.81. The Balaban J connectivity index is 1.73. The molecule has 104 valence electrons. The first-order chi connectivity index (χ1) is 9.03. The molecule has 1 heterocycles. The molecule has 1 aromatic rings. The molecule has 1 aliphatic heterocycles. The van der Waals surface area contributed by atoms with Crippen LogP contribution in [0.15, 0.2) is 18.2 Å². The fraction of sp³-hybridized carbons (Fsp3) is 0.600. The molecule has 4 heteroatoms. The molecule has 0 aromatic heterocycles. The lowest BCUT2D eigenvalue weighted by Crippen LogP contribution is -2.41. The van der Waals surface area contributed by atoms with Gasteiger partial charge in [-0.3, -0.25) is 0 Å². The van der Waals surface area contributed by atoms with Gasteiger partial charge in [0.1, 0.15) is 11.9 Å². The molecule has 0 spiro atoms. The number of rotatable bonds is 2. The van der Waals surface area contributed by atoms with Crippen LogP contribution < -0.4 is 14.2 Å². The van der Waals surface area contributed by atoms with E-state index in [4.69, 9.17) is 14.2 Å². The lowest BCUT2D eigenvalue weighted by atomic mass is 9.75. The summed E-state index contributed by atoms with van der Waals surface area (Å²) in [6, 6.07) is 5.54. The quantitative estimate of drug-likeness (QED) is 0.892. The molecule has 0 amide bonds. The molecule has 1 aromatic carbocycles. The first-order valence-corrected chi connectivity index (χ1v) is 6.78. The summed E-state index contributed by atoms with van der Waals surface area (Å²) in [4.78, 5) is 0. The summed E-state index contributed by atoms with van der Waals surface area (Å²) in [6.45, 7) is 4.70. The van der Waals surface area contributed by atoms with Crippen molar-refractivity contribution in [3.63, 3.8) is 0 Å². The topological polar surface area (TPSA) is 47.9 Å². The summed E-state index contributed by atoms with van der Waals surface area (Å²) in [5.41, 5.74) is 0.222. The number of ether oxygens (including phenoxy) is 3. The molecule has 1 saturated carbocycles. The first kappa shape index (κ1) is 12.6. The minimum absolute atomic E-state index is 0.149. The largest absolute Gasteiger partial charge is 0.488 e. The number of aliphatic hydroxyl groups excluding tert-OH is 1. The van der Waals surface area contributed by atoms with Crippen LogP contribution in [0.4, 0.5) is 0 Å². The summed E-state index contributed by atoms with van der Waals surface area (Å²) in [7, 11) is 0. The molecule has 4 nitrogen and oxygen atoms in total. The highest BCUT2D eigenvalue weighted by Gasteiger charge is 2.35. The minimum atomic E-state index is -0.390. The Morgan fingerprint density at radius 1 is 1.26 bits per heavy atom. The molecule has 0 bridgehead atoms. The average molecular weight is 264 g/mol. The van der Waals surface area contributed by atoms with Gasteiger partial charge in [-0.1, -0.05) is 13.8 Å². The van der Waals surface area contributed by atoms with Crippen LogP contribution >= 0.6 is 0 Å². The lowest BCUT2D eigenvalue weighted by Gasteiger charge is -2.38. The second-order valence-electron chi connectivity index (χ2n) is 6.15. The molecule has 2 atom stereocenters. The second kappa shape index (κ2) is 4.60. The predicted molar refractivity (Wildman–Crippen MR) is 70.6 cm³/mol. The molecule has 1 N–H and O–H groups in total. The molecule has 3 rings (SSSR count). The maximum absolute atomic E-state index is 10.1. The summed E-state index contributed by atoms with van der Waals surface area (Å²) in [5.74, 6) is 2.19. The fourth-order valence-electron chi connectivity index (χ4n) is 2.75. The molecule has 2 aliphatic rings.